The van der Waals surface area contributed by atoms with Crippen molar-refractivity contribution in [2.24, 2.45) is 0 Å². The summed E-state index contributed by atoms with van der Waals surface area (Å²) in [4.78, 5) is 25.8. The number of carbonyl (C=O) groups is 1. The maximum Gasteiger partial charge on any atom is 0.255 e. The maximum absolute atomic E-state index is 13.2. The second-order valence-electron chi connectivity index (χ2n) is 6.46. The number of fused-ring (bicyclic) bond motifs is 1. The van der Waals surface area contributed by atoms with E-state index < -0.39 is 0 Å². The summed E-state index contributed by atoms with van der Waals surface area (Å²) >= 11 is 0. The highest BCUT2D eigenvalue weighted by molar-refractivity contribution is 6.03. The Morgan fingerprint density at radius 2 is 1.83 bits per heavy atom. The maximum atomic E-state index is 13.2. The van der Waals surface area contributed by atoms with E-state index in [-0.39, 0.29) is 18.0 Å². The van der Waals surface area contributed by atoms with Crippen molar-refractivity contribution in [2.45, 2.75) is 39.8 Å². The lowest BCUT2D eigenvalue weighted by Crippen LogP contribution is -2.42. The van der Waals surface area contributed by atoms with Crippen molar-refractivity contribution in [1.29, 1.82) is 0 Å². The van der Waals surface area contributed by atoms with Crippen LogP contribution in [-0.4, -0.2) is 32.9 Å². The zero-order valence-electron chi connectivity index (χ0n) is 14.5. The molecule has 0 bridgehead atoms. The Morgan fingerprint density at radius 3 is 2.54 bits per heavy atom. The summed E-state index contributed by atoms with van der Waals surface area (Å²) in [6, 6.07) is 9.92. The molecule has 1 aromatic carbocycles. The Balaban J connectivity index is 2.15. The van der Waals surface area contributed by atoms with Gasteiger partial charge in [-0.2, -0.15) is 0 Å². The SMILES string of the molecule is CC(C)N(C(=O)c1ccccc1-c1nc[nH+]c2[nH]ccc12)C(C)C. The van der Waals surface area contributed by atoms with Gasteiger partial charge in [0.15, 0.2) is 5.69 Å². The first-order valence-corrected chi connectivity index (χ1v) is 8.26. The van der Waals surface area contributed by atoms with Gasteiger partial charge in [-0.25, -0.2) is 4.98 Å². The fraction of sp³-hybridized carbons (Fsp3) is 0.316. The number of amides is 1. The van der Waals surface area contributed by atoms with Crippen LogP contribution < -0.4 is 4.98 Å². The van der Waals surface area contributed by atoms with E-state index in [0.29, 0.717) is 5.56 Å². The zero-order valence-corrected chi connectivity index (χ0v) is 14.5. The van der Waals surface area contributed by atoms with Gasteiger partial charge in [0.25, 0.3) is 5.91 Å². The number of rotatable bonds is 4. The highest BCUT2D eigenvalue weighted by Gasteiger charge is 2.26. The van der Waals surface area contributed by atoms with Gasteiger partial charge in [-0.3, -0.25) is 9.78 Å². The van der Waals surface area contributed by atoms with Gasteiger partial charge >= 0.3 is 0 Å². The smallest absolute Gasteiger partial charge is 0.255 e. The van der Waals surface area contributed by atoms with E-state index in [2.05, 4.69) is 15.0 Å². The molecule has 0 aliphatic rings. The van der Waals surface area contributed by atoms with Crippen molar-refractivity contribution in [3.63, 3.8) is 0 Å². The molecule has 1 amide bonds. The number of hydrogen-bond acceptors (Lipinski definition) is 2. The number of benzene rings is 1. The second kappa shape index (κ2) is 6.43. The van der Waals surface area contributed by atoms with E-state index in [0.717, 1.165) is 22.3 Å². The Labute approximate surface area is 141 Å². The first-order valence-electron chi connectivity index (χ1n) is 8.26. The van der Waals surface area contributed by atoms with Crippen LogP contribution in [0, 0.1) is 0 Å². The predicted molar refractivity (Wildman–Crippen MR) is 94.5 cm³/mol. The van der Waals surface area contributed by atoms with E-state index in [1.165, 1.54) is 0 Å². The third-order valence-electron chi connectivity index (χ3n) is 4.16. The Hall–Kier alpha value is -2.69. The first-order chi connectivity index (χ1) is 11.5. The quantitative estimate of drug-likeness (QED) is 0.800. The van der Waals surface area contributed by atoms with Gasteiger partial charge < -0.3 is 4.90 Å². The molecule has 0 saturated heterocycles. The molecule has 0 radical (unpaired) electrons. The summed E-state index contributed by atoms with van der Waals surface area (Å²) in [5.74, 6) is 0.0360. The van der Waals surface area contributed by atoms with Crippen LogP contribution in [0.1, 0.15) is 38.1 Å². The molecule has 2 heterocycles. The summed E-state index contributed by atoms with van der Waals surface area (Å²) in [6.45, 7) is 8.17. The van der Waals surface area contributed by atoms with Crippen LogP contribution in [0.15, 0.2) is 42.9 Å². The third kappa shape index (κ3) is 2.77. The second-order valence-corrected chi connectivity index (χ2v) is 6.46. The highest BCUT2D eigenvalue weighted by atomic mass is 16.2. The van der Waals surface area contributed by atoms with Gasteiger partial charge in [-0.1, -0.05) is 18.2 Å². The average Bonchev–Trinajstić information content (AvgIpc) is 3.02. The van der Waals surface area contributed by atoms with Gasteiger partial charge in [0.1, 0.15) is 0 Å². The largest absolute Gasteiger partial charge is 0.334 e. The molecule has 124 valence electrons. The highest BCUT2D eigenvalue weighted by Crippen LogP contribution is 2.28. The lowest BCUT2D eigenvalue weighted by atomic mass is 10.00. The summed E-state index contributed by atoms with van der Waals surface area (Å²) in [7, 11) is 0. The van der Waals surface area contributed by atoms with Crippen LogP contribution in [0.5, 0.6) is 0 Å². The molecule has 3 rings (SSSR count). The van der Waals surface area contributed by atoms with Crippen molar-refractivity contribution >= 4 is 16.9 Å². The Kier molecular flexibility index (Phi) is 4.34. The molecular formula is C19H23N4O+. The fourth-order valence-electron chi connectivity index (χ4n) is 3.21. The van der Waals surface area contributed by atoms with E-state index in [1.807, 2.05) is 69.1 Å². The lowest BCUT2D eigenvalue weighted by Gasteiger charge is -2.31. The normalized spacial score (nSPS) is 11.4. The van der Waals surface area contributed by atoms with Gasteiger partial charge in [0.05, 0.1) is 17.1 Å². The summed E-state index contributed by atoms with van der Waals surface area (Å²) in [6.07, 6.45) is 3.52. The van der Waals surface area contributed by atoms with E-state index >= 15 is 0 Å². The van der Waals surface area contributed by atoms with Crippen molar-refractivity contribution < 1.29 is 9.78 Å². The summed E-state index contributed by atoms with van der Waals surface area (Å²) < 4.78 is 0. The average molecular weight is 323 g/mol. The fourth-order valence-corrected chi connectivity index (χ4v) is 3.21. The Bertz CT molecular complexity index is 858. The number of hydrogen-bond donors (Lipinski definition) is 1. The summed E-state index contributed by atoms with van der Waals surface area (Å²) in [5.41, 5.74) is 3.24. The monoisotopic (exact) mass is 323 g/mol. The number of aromatic nitrogens is 3. The molecule has 24 heavy (non-hydrogen) atoms. The van der Waals surface area contributed by atoms with Crippen LogP contribution in [0.4, 0.5) is 0 Å². The topological polar surface area (TPSA) is 63.1 Å². The van der Waals surface area contributed by atoms with Crippen molar-refractivity contribution in [3.8, 4) is 11.3 Å². The van der Waals surface area contributed by atoms with Crippen LogP contribution >= 0.6 is 0 Å². The van der Waals surface area contributed by atoms with Gasteiger partial charge in [0.2, 0.25) is 12.0 Å². The molecule has 2 N–H and O–H groups in total. The summed E-state index contributed by atoms with van der Waals surface area (Å²) in [5, 5.41) is 0.971. The van der Waals surface area contributed by atoms with Crippen molar-refractivity contribution in [1.82, 2.24) is 14.9 Å². The molecule has 0 aliphatic carbocycles. The van der Waals surface area contributed by atoms with Crippen LogP contribution in [0.3, 0.4) is 0 Å². The number of H-pyrrole nitrogens is 2. The predicted octanol–water partition coefficient (Wildman–Crippen LogP) is 3.30. The van der Waals surface area contributed by atoms with Crippen LogP contribution in [0.2, 0.25) is 0 Å². The standard InChI is InChI=1S/C19H22N4O/c1-12(2)23(13(3)4)19(24)15-8-6-5-7-14(15)17-16-9-10-20-18(16)22-11-21-17/h5-13H,1-4H3,(H,20,21,22)/p+1. The van der Waals surface area contributed by atoms with E-state index in [1.54, 1.807) is 6.33 Å². The van der Waals surface area contributed by atoms with Gasteiger partial charge in [0, 0.05) is 17.6 Å². The third-order valence-corrected chi connectivity index (χ3v) is 4.16. The Morgan fingerprint density at radius 1 is 1.12 bits per heavy atom. The molecule has 5 nitrogen and oxygen atoms in total. The molecule has 3 aromatic rings. The van der Waals surface area contributed by atoms with Gasteiger partial charge in [-0.05, 0) is 39.8 Å². The number of nitrogens with one attached hydrogen (secondary N) is 2. The molecule has 0 atom stereocenters. The minimum atomic E-state index is 0.0360. The molecule has 2 aromatic heterocycles. The zero-order chi connectivity index (χ0) is 17.3. The van der Waals surface area contributed by atoms with Crippen molar-refractivity contribution in [2.75, 3.05) is 0 Å². The van der Waals surface area contributed by atoms with E-state index in [9.17, 15) is 4.79 Å². The number of carbonyl (C=O) groups excluding carboxylic acids is 1. The minimum absolute atomic E-state index is 0.0360. The van der Waals surface area contributed by atoms with E-state index in [4.69, 9.17) is 0 Å². The first kappa shape index (κ1) is 16.2. The molecule has 0 fully saturated rings. The van der Waals surface area contributed by atoms with Gasteiger partial charge in [-0.15, -0.1) is 4.98 Å². The number of aromatic amines is 2. The van der Waals surface area contributed by atoms with Crippen LogP contribution in [-0.2, 0) is 0 Å². The van der Waals surface area contributed by atoms with Crippen LogP contribution in [0.25, 0.3) is 22.3 Å². The molecule has 5 heteroatoms. The minimum Gasteiger partial charge on any atom is -0.334 e. The molecule has 0 aliphatic heterocycles. The molecule has 0 saturated carbocycles. The molecule has 0 unspecified atom stereocenters. The lowest BCUT2D eigenvalue weighted by molar-refractivity contribution is -0.352. The molecular weight excluding hydrogens is 300 g/mol. The molecule has 0 spiro atoms. The van der Waals surface area contributed by atoms with Crippen molar-refractivity contribution in [3.05, 3.63) is 48.4 Å². The number of nitrogens with zero attached hydrogens (tertiary/aromatic N) is 2.